The number of aryl methyl sites for hydroxylation is 1. The van der Waals surface area contributed by atoms with Gasteiger partial charge >= 0.3 is 0 Å². The highest BCUT2D eigenvalue weighted by Crippen LogP contribution is 2.23. The fraction of sp³-hybridized carbons (Fsp3) is 0.462. The van der Waals surface area contributed by atoms with Crippen LogP contribution in [0.4, 0.5) is 0 Å². The maximum Gasteiger partial charge on any atom is 0.178 e. The van der Waals surface area contributed by atoms with E-state index in [4.69, 9.17) is 12.2 Å². The van der Waals surface area contributed by atoms with E-state index in [9.17, 15) is 0 Å². The molecule has 16 heavy (non-hydrogen) atoms. The van der Waals surface area contributed by atoms with Gasteiger partial charge in [-0.3, -0.25) is 0 Å². The first-order chi connectivity index (χ1) is 7.38. The van der Waals surface area contributed by atoms with E-state index in [-0.39, 0.29) is 5.41 Å². The Labute approximate surface area is 101 Å². The number of hydrogen-bond donors (Lipinski definition) is 1. The molecule has 0 aliphatic heterocycles. The van der Waals surface area contributed by atoms with Crippen molar-refractivity contribution in [1.82, 2.24) is 9.55 Å². The Bertz CT molecular complexity index is 570. The number of fused-ring (bicyclic) bond motifs is 1. The maximum atomic E-state index is 5.39. The van der Waals surface area contributed by atoms with Gasteiger partial charge in [-0.05, 0) is 36.2 Å². The van der Waals surface area contributed by atoms with Gasteiger partial charge in [0, 0.05) is 6.54 Å². The lowest BCUT2D eigenvalue weighted by molar-refractivity contribution is 0.346. The molecule has 0 atom stereocenters. The number of aromatic amines is 1. The Morgan fingerprint density at radius 3 is 2.62 bits per heavy atom. The molecule has 1 aromatic heterocycles. The first-order valence-electron chi connectivity index (χ1n) is 5.57. The second kappa shape index (κ2) is 3.74. The van der Waals surface area contributed by atoms with Crippen LogP contribution in [-0.2, 0) is 6.54 Å². The van der Waals surface area contributed by atoms with Crippen LogP contribution in [0, 0.1) is 17.1 Å². The Kier molecular flexibility index (Phi) is 2.66. The maximum absolute atomic E-state index is 5.39. The Morgan fingerprint density at radius 2 is 2.00 bits per heavy atom. The van der Waals surface area contributed by atoms with Crippen molar-refractivity contribution in [2.75, 3.05) is 0 Å². The molecule has 0 amide bonds. The second-order valence-corrected chi connectivity index (χ2v) is 5.93. The molecule has 0 spiro atoms. The number of H-pyrrole nitrogens is 1. The minimum Gasteiger partial charge on any atom is -0.331 e. The van der Waals surface area contributed by atoms with Crippen molar-refractivity contribution >= 4 is 23.3 Å². The third-order valence-corrected chi connectivity index (χ3v) is 2.95. The largest absolute Gasteiger partial charge is 0.331 e. The topological polar surface area (TPSA) is 20.7 Å². The molecule has 0 aliphatic carbocycles. The molecule has 1 N–H and O–H groups in total. The van der Waals surface area contributed by atoms with Crippen molar-refractivity contribution in [3.05, 3.63) is 28.5 Å². The molecular weight excluding hydrogens is 216 g/mol. The van der Waals surface area contributed by atoms with E-state index >= 15 is 0 Å². The lowest BCUT2D eigenvalue weighted by Crippen LogP contribution is -2.15. The van der Waals surface area contributed by atoms with Crippen LogP contribution in [0.2, 0.25) is 0 Å². The summed E-state index contributed by atoms with van der Waals surface area (Å²) in [6, 6.07) is 6.27. The molecule has 1 aromatic carbocycles. The molecule has 0 radical (unpaired) electrons. The Hall–Kier alpha value is -1.09. The molecule has 0 unspecified atom stereocenters. The van der Waals surface area contributed by atoms with Crippen LogP contribution in [0.5, 0.6) is 0 Å². The van der Waals surface area contributed by atoms with Crippen LogP contribution in [0.25, 0.3) is 11.0 Å². The zero-order valence-electron chi connectivity index (χ0n) is 10.3. The van der Waals surface area contributed by atoms with Gasteiger partial charge < -0.3 is 9.55 Å². The molecule has 0 saturated carbocycles. The number of rotatable bonds is 1. The average Bonchev–Trinajstić information content (AvgIpc) is 2.42. The highest BCUT2D eigenvalue weighted by Gasteiger charge is 2.15. The predicted octanol–water partition coefficient (Wildman–Crippen LogP) is 4.05. The summed E-state index contributed by atoms with van der Waals surface area (Å²) in [7, 11) is 0. The van der Waals surface area contributed by atoms with Crippen LogP contribution in [0.15, 0.2) is 18.2 Å². The predicted molar refractivity (Wildman–Crippen MR) is 71.3 cm³/mol. The SMILES string of the molecule is Cc1cccc2[nH]c(=S)n(CC(C)(C)C)c12. The zero-order chi connectivity index (χ0) is 11.9. The monoisotopic (exact) mass is 234 g/mol. The summed E-state index contributed by atoms with van der Waals surface area (Å²) in [6.45, 7) is 9.75. The van der Waals surface area contributed by atoms with Gasteiger partial charge in [-0.25, -0.2) is 0 Å². The average molecular weight is 234 g/mol. The van der Waals surface area contributed by atoms with Gasteiger partial charge in [0.1, 0.15) is 0 Å². The van der Waals surface area contributed by atoms with E-state index in [1.165, 1.54) is 11.1 Å². The summed E-state index contributed by atoms with van der Waals surface area (Å²) in [6.07, 6.45) is 0. The standard InChI is InChI=1S/C13H18N2S/c1-9-6-5-7-10-11(9)15(12(16)14-10)8-13(2,3)4/h5-7H,8H2,1-4H3,(H,14,16). The van der Waals surface area contributed by atoms with E-state index in [0.717, 1.165) is 16.8 Å². The van der Waals surface area contributed by atoms with Crippen LogP contribution in [0.1, 0.15) is 26.3 Å². The fourth-order valence-corrected chi connectivity index (χ4v) is 2.29. The van der Waals surface area contributed by atoms with Crippen molar-refractivity contribution in [3.8, 4) is 0 Å². The van der Waals surface area contributed by atoms with Crippen LogP contribution >= 0.6 is 12.2 Å². The van der Waals surface area contributed by atoms with E-state index < -0.39 is 0 Å². The molecular formula is C13H18N2S. The summed E-state index contributed by atoms with van der Waals surface area (Å²) in [5, 5.41) is 0. The van der Waals surface area contributed by atoms with Gasteiger partial charge in [-0.15, -0.1) is 0 Å². The van der Waals surface area contributed by atoms with Crippen molar-refractivity contribution < 1.29 is 0 Å². The normalized spacial score (nSPS) is 12.2. The number of benzene rings is 1. The number of hydrogen-bond acceptors (Lipinski definition) is 1. The quantitative estimate of drug-likeness (QED) is 0.738. The van der Waals surface area contributed by atoms with Crippen LogP contribution < -0.4 is 0 Å². The summed E-state index contributed by atoms with van der Waals surface area (Å²) in [5.41, 5.74) is 3.88. The van der Waals surface area contributed by atoms with Crippen molar-refractivity contribution in [3.63, 3.8) is 0 Å². The molecule has 2 nitrogen and oxygen atoms in total. The van der Waals surface area contributed by atoms with Gasteiger partial charge in [0.15, 0.2) is 4.77 Å². The molecule has 0 saturated heterocycles. The molecule has 2 rings (SSSR count). The molecule has 86 valence electrons. The lowest BCUT2D eigenvalue weighted by atomic mass is 9.97. The smallest absolute Gasteiger partial charge is 0.178 e. The van der Waals surface area contributed by atoms with Gasteiger partial charge in [-0.1, -0.05) is 32.9 Å². The van der Waals surface area contributed by atoms with E-state index in [0.29, 0.717) is 0 Å². The third-order valence-electron chi connectivity index (χ3n) is 2.63. The number of aromatic nitrogens is 2. The zero-order valence-corrected chi connectivity index (χ0v) is 11.1. The number of nitrogens with one attached hydrogen (secondary N) is 1. The minimum atomic E-state index is 0.232. The second-order valence-electron chi connectivity index (χ2n) is 5.55. The minimum absolute atomic E-state index is 0.232. The molecule has 2 aromatic rings. The number of nitrogens with zero attached hydrogens (tertiary/aromatic N) is 1. The first kappa shape index (κ1) is 11.4. The van der Waals surface area contributed by atoms with Gasteiger partial charge in [0.25, 0.3) is 0 Å². The summed E-state index contributed by atoms with van der Waals surface area (Å²) < 4.78 is 3.03. The van der Waals surface area contributed by atoms with E-state index in [2.05, 4.69) is 55.4 Å². The fourth-order valence-electron chi connectivity index (χ4n) is 2.03. The molecule has 0 fully saturated rings. The van der Waals surface area contributed by atoms with E-state index in [1.54, 1.807) is 0 Å². The number of imidazole rings is 1. The van der Waals surface area contributed by atoms with E-state index in [1.807, 2.05) is 0 Å². The highest BCUT2D eigenvalue weighted by atomic mass is 32.1. The number of para-hydroxylation sites is 1. The summed E-state index contributed by atoms with van der Waals surface area (Å²) in [4.78, 5) is 3.27. The van der Waals surface area contributed by atoms with Crippen LogP contribution in [-0.4, -0.2) is 9.55 Å². The summed E-state index contributed by atoms with van der Waals surface area (Å²) >= 11 is 5.39. The first-order valence-corrected chi connectivity index (χ1v) is 5.97. The van der Waals surface area contributed by atoms with Crippen molar-refractivity contribution in [1.29, 1.82) is 0 Å². The van der Waals surface area contributed by atoms with Gasteiger partial charge in [0.2, 0.25) is 0 Å². The molecule has 0 bridgehead atoms. The van der Waals surface area contributed by atoms with Crippen LogP contribution in [0.3, 0.4) is 0 Å². The van der Waals surface area contributed by atoms with Crippen molar-refractivity contribution in [2.24, 2.45) is 5.41 Å². The Morgan fingerprint density at radius 1 is 1.31 bits per heavy atom. The van der Waals surface area contributed by atoms with Gasteiger partial charge in [0.05, 0.1) is 11.0 Å². The Balaban J connectivity index is 2.69. The van der Waals surface area contributed by atoms with Crippen molar-refractivity contribution in [2.45, 2.75) is 34.2 Å². The molecule has 0 aliphatic rings. The lowest BCUT2D eigenvalue weighted by Gasteiger charge is -2.19. The van der Waals surface area contributed by atoms with Gasteiger partial charge in [-0.2, -0.15) is 0 Å². The molecule has 3 heteroatoms. The molecule has 1 heterocycles. The highest BCUT2D eigenvalue weighted by molar-refractivity contribution is 7.71. The summed E-state index contributed by atoms with van der Waals surface area (Å²) in [5.74, 6) is 0. The third kappa shape index (κ3) is 2.05.